The maximum Gasteiger partial charge on any atom is 0.123 e. The monoisotopic (exact) mass is 114 g/mol. The van der Waals surface area contributed by atoms with Gasteiger partial charge in [-0.25, -0.2) is 0 Å². The Morgan fingerprint density at radius 1 is 1.38 bits per heavy atom. The summed E-state index contributed by atoms with van der Waals surface area (Å²) in [5.74, 6) is 0.169. The minimum absolute atomic E-state index is 0.141. The first kappa shape index (κ1) is 7.67. The molecule has 1 atom stereocenters. The first-order valence-corrected chi connectivity index (χ1v) is 2.94. The van der Waals surface area contributed by atoms with E-state index in [1.165, 1.54) is 0 Å². The average molecular weight is 114 g/mol. The molecule has 0 spiro atoms. The second kappa shape index (κ2) is 2.29. The molecule has 0 saturated heterocycles. The van der Waals surface area contributed by atoms with E-state index in [-0.39, 0.29) is 11.3 Å². The van der Waals surface area contributed by atoms with Crippen LogP contribution in [0.5, 0.6) is 0 Å². The van der Waals surface area contributed by atoms with Gasteiger partial charge in [-0.1, -0.05) is 27.7 Å². The largest absolute Gasteiger partial charge is 0.303 e. The fourth-order valence-corrected chi connectivity index (χ4v) is 0.204. The van der Waals surface area contributed by atoms with E-state index in [1.54, 1.807) is 0 Å². The molecule has 1 heteroatoms. The van der Waals surface area contributed by atoms with Crippen LogP contribution in [0.15, 0.2) is 0 Å². The molecule has 0 saturated carbocycles. The van der Waals surface area contributed by atoms with Gasteiger partial charge in [0.2, 0.25) is 0 Å². The van der Waals surface area contributed by atoms with Crippen molar-refractivity contribution in [3.05, 3.63) is 0 Å². The molecule has 0 amide bonds. The van der Waals surface area contributed by atoms with Crippen LogP contribution in [0.3, 0.4) is 0 Å². The van der Waals surface area contributed by atoms with Crippen molar-refractivity contribution in [2.75, 3.05) is 0 Å². The Morgan fingerprint density at radius 2 is 1.75 bits per heavy atom. The number of carbonyl (C=O) groups is 1. The molecule has 0 heterocycles. The fourth-order valence-electron chi connectivity index (χ4n) is 0.204. The van der Waals surface area contributed by atoms with Crippen LogP contribution in [-0.4, -0.2) is 6.29 Å². The highest BCUT2D eigenvalue weighted by Gasteiger charge is 2.18. The molecular formula is C7H14O. The lowest BCUT2D eigenvalue weighted by Gasteiger charge is -2.21. The molecule has 1 unspecified atom stereocenters. The molecule has 48 valence electrons. The van der Waals surface area contributed by atoms with Gasteiger partial charge in [0, 0.05) is 5.92 Å². The normalized spacial score (nSPS) is 15.5. The van der Waals surface area contributed by atoms with E-state index in [9.17, 15) is 4.79 Å². The Balaban J connectivity index is 3.80. The quantitative estimate of drug-likeness (QED) is 0.475. The minimum Gasteiger partial charge on any atom is -0.303 e. The Kier molecular flexibility index (Phi) is 2.20. The van der Waals surface area contributed by atoms with E-state index in [0.29, 0.717) is 0 Å². The third-order valence-corrected chi connectivity index (χ3v) is 1.57. The van der Waals surface area contributed by atoms with E-state index >= 15 is 0 Å². The van der Waals surface area contributed by atoms with Gasteiger partial charge >= 0.3 is 0 Å². The summed E-state index contributed by atoms with van der Waals surface area (Å²) < 4.78 is 0. The zero-order valence-electron chi connectivity index (χ0n) is 6.06. The Hall–Kier alpha value is -0.330. The van der Waals surface area contributed by atoms with Crippen LogP contribution >= 0.6 is 0 Å². The van der Waals surface area contributed by atoms with Gasteiger partial charge in [0.25, 0.3) is 0 Å². The summed E-state index contributed by atoms with van der Waals surface area (Å²) in [4.78, 5) is 10.2. The van der Waals surface area contributed by atoms with Gasteiger partial charge in [0.15, 0.2) is 0 Å². The first-order chi connectivity index (χ1) is 3.48. The van der Waals surface area contributed by atoms with Gasteiger partial charge in [0.1, 0.15) is 6.29 Å². The van der Waals surface area contributed by atoms with Gasteiger partial charge in [-0.15, -0.1) is 0 Å². The molecule has 0 bridgehead atoms. The third kappa shape index (κ3) is 2.10. The van der Waals surface area contributed by atoms with Crippen LogP contribution in [0.25, 0.3) is 0 Å². The van der Waals surface area contributed by atoms with Crippen LogP contribution in [0, 0.1) is 11.3 Å². The summed E-state index contributed by atoms with van der Waals surface area (Å²) in [6.45, 7) is 8.12. The zero-order valence-corrected chi connectivity index (χ0v) is 6.06. The molecule has 0 aromatic heterocycles. The summed E-state index contributed by atoms with van der Waals surface area (Å²) >= 11 is 0. The molecule has 0 aromatic rings. The molecule has 0 radical (unpaired) electrons. The lowest BCUT2D eigenvalue weighted by Crippen LogP contribution is -2.17. The van der Waals surface area contributed by atoms with Gasteiger partial charge in [-0.05, 0) is 5.41 Å². The van der Waals surface area contributed by atoms with Gasteiger partial charge in [0.05, 0.1) is 0 Å². The smallest absolute Gasteiger partial charge is 0.123 e. The summed E-state index contributed by atoms with van der Waals surface area (Å²) in [6.07, 6.45) is 1.00. The first-order valence-electron chi connectivity index (χ1n) is 2.94. The van der Waals surface area contributed by atoms with Crippen molar-refractivity contribution < 1.29 is 4.79 Å². The van der Waals surface area contributed by atoms with Crippen molar-refractivity contribution >= 4 is 6.29 Å². The van der Waals surface area contributed by atoms with Crippen molar-refractivity contribution in [3.8, 4) is 0 Å². The number of hydrogen-bond donors (Lipinski definition) is 0. The van der Waals surface area contributed by atoms with E-state index < -0.39 is 0 Å². The topological polar surface area (TPSA) is 17.1 Å². The molecule has 0 aromatic carbocycles. The van der Waals surface area contributed by atoms with Crippen molar-refractivity contribution in [1.29, 1.82) is 0 Å². The second-order valence-corrected chi connectivity index (χ2v) is 3.29. The zero-order chi connectivity index (χ0) is 6.78. The fraction of sp³-hybridized carbons (Fsp3) is 0.857. The molecule has 0 aliphatic heterocycles. The van der Waals surface area contributed by atoms with Crippen LogP contribution in [0.1, 0.15) is 27.7 Å². The van der Waals surface area contributed by atoms with Crippen LogP contribution < -0.4 is 0 Å². The summed E-state index contributed by atoms with van der Waals surface area (Å²) in [5, 5.41) is 0. The SMILES string of the molecule is CC(C=O)C(C)(C)C. The second-order valence-electron chi connectivity index (χ2n) is 3.29. The highest BCUT2D eigenvalue weighted by molar-refractivity contribution is 5.53. The van der Waals surface area contributed by atoms with Crippen molar-refractivity contribution in [3.63, 3.8) is 0 Å². The average Bonchev–Trinajstić information content (AvgIpc) is 1.62. The lowest BCUT2D eigenvalue weighted by atomic mass is 9.83. The maximum absolute atomic E-state index is 10.2. The molecule has 0 aliphatic carbocycles. The van der Waals surface area contributed by atoms with E-state index in [4.69, 9.17) is 0 Å². The van der Waals surface area contributed by atoms with Crippen molar-refractivity contribution in [2.45, 2.75) is 27.7 Å². The van der Waals surface area contributed by atoms with Crippen molar-refractivity contribution in [2.24, 2.45) is 11.3 Å². The molecule has 0 N–H and O–H groups in total. The standard InChI is InChI=1S/C7H14O/c1-6(5-8)7(2,3)4/h5-6H,1-4H3. The van der Waals surface area contributed by atoms with Gasteiger partial charge in [-0.3, -0.25) is 0 Å². The Labute approximate surface area is 51.1 Å². The predicted octanol–water partition coefficient (Wildman–Crippen LogP) is 1.87. The Bertz CT molecular complexity index is 78.9. The number of rotatable bonds is 1. The number of aldehydes is 1. The number of hydrogen-bond acceptors (Lipinski definition) is 1. The highest BCUT2D eigenvalue weighted by Crippen LogP contribution is 2.22. The molecule has 0 aliphatic rings. The van der Waals surface area contributed by atoms with Crippen LogP contribution in [-0.2, 0) is 4.79 Å². The summed E-state index contributed by atoms with van der Waals surface area (Å²) in [7, 11) is 0. The Morgan fingerprint density at radius 3 is 1.75 bits per heavy atom. The molecule has 1 nitrogen and oxygen atoms in total. The van der Waals surface area contributed by atoms with E-state index in [0.717, 1.165) is 6.29 Å². The number of carbonyl (C=O) groups excluding carboxylic acids is 1. The summed E-state index contributed by atoms with van der Waals surface area (Å²) in [5.41, 5.74) is 0.141. The maximum atomic E-state index is 10.2. The third-order valence-electron chi connectivity index (χ3n) is 1.57. The van der Waals surface area contributed by atoms with Crippen molar-refractivity contribution in [1.82, 2.24) is 0 Å². The minimum atomic E-state index is 0.141. The molecule has 0 rings (SSSR count). The van der Waals surface area contributed by atoms with Crippen LogP contribution in [0.4, 0.5) is 0 Å². The lowest BCUT2D eigenvalue weighted by molar-refractivity contribution is -0.113. The predicted molar refractivity (Wildman–Crippen MR) is 34.7 cm³/mol. The van der Waals surface area contributed by atoms with E-state index in [2.05, 4.69) is 20.8 Å². The van der Waals surface area contributed by atoms with E-state index in [1.807, 2.05) is 6.92 Å². The van der Waals surface area contributed by atoms with Gasteiger partial charge in [-0.2, -0.15) is 0 Å². The van der Waals surface area contributed by atoms with Crippen LogP contribution in [0.2, 0.25) is 0 Å². The molecule has 0 fully saturated rings. The summed E-state index contributed by atoms with van der Waals surface area (Å²) in [6, 6.07) is 0. The molecule has 8 heavy (non-hydrogen) atoms. The van der Waals surface area contributed by atoms with Gasteiger partial charge < -0.3 is 4.79 Å². The highest BCUT2D eigenvalue weighted by atomic mass is 16.1. The molecular weight excluding hydrogens is 100 g/mol.